The smallest absolute Gasteiger partial charge is 0.137 e. The first-order valence-electron chi connectivity index (χ1n) is 9.37. The van der Waals surface area contributed by atoms with E-state index >= 15 is 0 Å². The zero-order chi connectivity index (χ0) is 18.9. The molecule has 2 aromatic rings. The number of hydrogen-bond donors (Lipinski definition) is 1. The zero-order valence-electron chi connectivity index (χ0n) is 15.3. The Morgan fingerprint density at radius 1 is 1.07 bits per heavy atom. The number of benzene rings is 2. The summed E-state index contributed by atoms with van der Waals surface area (Å²) in [5.41, 5.74) is 1.06. The van der Waals surface area contributed by atoms with E-state index in [0.29, 0.717) is 29.0 Å². The molecule has 1 fully saturated rings. The van der Waals surface area contributed by atoms with E-state index in [-0.39, 0.29) is 6.10 Å². The minimum atomic E-state index is 0.232. The van der Waals surface area contributed by atoms with Crippen LogP contribution < -0.4 is 14.8 Å². The van der Waals surface area contributed by atoms with Crippen LogP contribution >= 0.6 is 23.2 Å². The van der Waals surface area contributed by atoms with Gasteiger partial charge in [-0.15, -0.1) is 0 Å². The summed E-state index contributed by atoms with van der Waals surface area (Å²) in [5, 5.41) is 4.57. The molecule has 27 heavy (non-hydrogen) atoms. The first-order valence-corrected chi connectivity index (χ1v) is 10.1. The average Bonchev–Trinajstić information content (AvgIpc) is 3.18. The van der Waals surface area contributed by atoms with E-state index in [4.69, 9.17) is 37.4 Å². The Labute approximate surface area is 170 Å². The van der Waals surface area contributed by atoms with Gasteiger partial charge in [-0.05, 0) is 56.0 Å². The third-order valence-corrected chi connectivity index (χ3v) is 4.88. The fourth-order valence-electron chi connectivity index (χ4n) is 2.89. The summed E-state index contributed by atoms with van der Waals surface area (Å²) in [4.78, 5) is 0. The molecule has 0 amide bonds. The van der Waals surface area contributed by atoms with E-state index in [2.05, 4.69) is 5.32 Å². The van der Waals surface area contributed by atoms with Gasteiger partial charge in [0.15, 0.2) is 0 Å². The molecule has 0 radical (unpaired) electrons. The molecular weight excluding hydrogens is 385 g/mol. The van der Waals surface area contributed by atoms with Crippen molar-refractivity contribution in [1.82, 2.24) is 0 Å². The van der Waals surface area contributed by atoms with Crippen molar-refractivity contribution in [3.05, 3.63) is 52.5 Å². The van der Waals surface area contributed by atoms with Gasteiger partial charge in [0.2, 0.25) is 0 Å². The summed E-state index contributed by atoms with van der Waals surface area (Å²) in [7, 11) is 0. The molecule has 0 spiro atoms. The van der Waals surface area contributed by atoms with Crippen molar-refractivity contribution < 1.29 is 14.2 Å². The Bertz CT molecular complexity index is 720. The maximum atomic E-state index is 6.09. The molecule has 6 heteroatoms. The Kier molecular flexibility index (Phi) is 7.93. The van der Waals surface area contributed by atoms with E-state index in [0.717, 1.165) is 50.3 Å². The quantitative estimate of drug-likeness (QED) is 0.501. The van der Waals surface area contributed by atoms with E-state index in [9.17, 15) is 0 Å². The predicted octanol–water partition coefficient (Wildman–Crippen LogP) is 5.82. The topological polar surface area (TPSA) is 39.7 Å². The summed E-state index contributed by atoms with van der Waals surface area (Å²) < 4.78 is 17.1. The minimum absolute atomic E-state index is 0.232. The molecule has 1 atom stereocenters. The summed E-state index contributed by atoms with van der Waals surface area (Å²) in [5.74, 6) is 1.54. The van der Waals surface area contributed by atoms with Gasteiger partial charge in [-0.25, -0.2) is 0 Å². The molecule has 3 rings (SSSR count). The lowest BCUT2D eigenvalue weighted by molar-refractivity contribution is 0.0680. The van der Waals surface area contributed by atoms with Gasteiger partial charge in [0.25, 0.3) is 0 Å². The van der Waals surface area contributed by atoms with Crippen molar-refractivity contribution in [2.24, 2.45) is 0 Å². The fraction of sp³-hybridized carbons (Fsp3) is 0.429. The van der Waals surface area contributed by atoms with Gasteiger partial charge in [0.1, 0.15) is 18.1 Å². The first-order chi connectivity index (χ1) is 13.2. The van der Waals surface area contributed by atoms with Crippen molar-refractivity contribution in [3.8, 4) is 11.5 Å². The van der Waals surface area contributed by atoms with Crippen LogP contribution in [-0.4, -0.2) is 32.5 Å². The van der Waals surface area contributed by atoms with E-state index in [1.165, 1.54) is 0 Å². The van der Waals surface area contributed by atoms with Crippen molar-refractivity contribution in [2.45, 2.75) is 31.8 Å². The Morgan fingerprint density at radius 2 is 2.00 bits per heavy atom. The standard InChI is InChI=1S/C21H25Cl2NO3/c22-16-8-9-21(20(23)13-16)26-11-2-1-10-24-17-5-3-6-18(14-17)27-15-19-7-4-12-25-19/h3,5-6,8-9,13-14,19,24H,1-2,4,7,10-12,15H2. The second-order valence-electron chi connectivity index (χ2n) is 6.53. The summed E-state index contributed by atoms with van der Waals surface area (Å²) >= 11 is 12.0. The molecule has 1 unspecified atom stereocenters. The van der Waals surface area contributed by atoms with Gasteiger partial charge in [0.05, 0.1) is 17.7 Å². The van der Waals surface area contributed by atoms with Crippen LogP contribution in [0.15, 0.2) is 42.5 Å². The van der Waals surface area contributed by atoms with E-state index in [1.54, 1.807) is 18.2 Å². The Balaban J connectivity index is 1.32. The molecular formula is C21H25Cl2NO3. The zero-order valence-corrected chi connectivity index (χ0v) is 16.8. The second kappa shape index (κ2) is 10.6. The predicted molar refractivity (Wildman–Crippen MR) is 111 cm³/mol. The maximum absolute atomic E-state index is 6.09. The summed E-state index contributed by atoms with van der Waals surface area (Å²) in [6, 6.07) is 13.3. The Morgan fingerprint density at radius 3 is 2.81 bits per heavy atom. The molecule has 0 aromatic heterocycles. The van der Waals surface area contributed by atoms with Crippen LogP contribution in [0.4, 0.5) is 5.69 Å². The van der Waals surface area contributed by atoms with Crippen molar-refractivity contribution in [1.29, 1.82) is 0 Å². The maximum Gasteiger partial charge on any atom is 0.137 e. The minimum Gasteiger partial charge on any atom is -0.492 e. The number of nitrogens with one attached hydrogen (secondary N) is 1. The fourth-order valence-corrected chi connectivity index (χ4v) is 3.36. The monoisotopic (exact) mass is 409 g/mol. The van der Waals surface area contributed by atoms with Crippen LogP contribution in [0.2, 0.25) is 10.0 Å². The number of hydrogen-bond acceptors (Lipinski definition) is 4. The van der Waals surface area contributed by atoms with Crippen LogP contribution in [0.1, 0.15) is 25.7 Å². The lowest BCUT2D eigenvalue weighted by atomic mass is 10.2. The highest BCUT2D eigenvalue weighted by atomic mass is 35.5. The average molecular weight is 410 g/mol. The van der Waals surface area contributed by atoms with Crippen LogP contribution in [0.5, 0.6) is 11.5 Å². The van der Waals surface area contributed by atoms with Gasteiger partial charge < -0.3 is 19.5 Å². The largest absolute Gasteiger partial charge is 0.492 e. The highest BCUT2D eigenvalue weighted by Gasteiger charge is 2.15. The van der Waals surface area contributed by atoms with Gasteiger partial charge >= 0.3 is 0 Å². The van der Waals surface area contributed by atoms with E-state index in [1.807, 2.05) is 24.3 Å². The van der Waals surface area contributed by atoms with Crippen LogP contribution in [0.25, 0.3) is 0 Å². The molecule has 0 bridgehead atoms. The summed E-state index contributed by atoms with van der Waals surface area (Å²) in [6.07, 6.45) is 4.37. The number of ether oxygens (including phenoxy) is 3. The van der Waals surface area contributed by atoms with Gasteiger partial charge in [-0.1, -0.05) is 29.3 Å². The third kappa shape index (κ3) is 6.80. The molecule has 2 aromatic carbocycles. The van der Waals surface area contributed by atoms with Crippen molar-refractivity contribution in [3.63, 3.8) is 0 Å². The van der Waals surface area contributed by atoms with Gasteiger partial charge in [-0.2, -0.15) is 0 Å². The number of rotatable bonds is 10. The summed E-state index contributed by atoms with van der Waals surface area (Å²) in [6.45, 7) is 2.96. The van der Waals surface area contributed by atoms with Gasteiger partial charge in [0, 0.05) is 29.9 Å². The Hall–Kier alpha value is -1.62. The molecule has 146 valence electrons. The number of halogens is 2. The molecule has 0 saturated carbocycles. The normalized spacial score (nSPS) is 16.3. The highest BCUT2D eigenvalue weighted by molar-refractivity contribution is 6.35. The lowest BCUT2D eigenvalue weighted by Crippen LogP contribution is -2.16. The van der Waals surface area contributed by atoms with Crippen molar-refractivity contribution in [2.75, 3.05) is 31.7 Å². The van der Waals surface area contributed by atoms with Gasteiger partial charge in [-0.3, -0.25) is 0 Å². The number of anilines is 1. The molecule has 1 aliphatic rings. The molecule has 1 N–H and O–H groups in total. The van der Waals surface area contributed by atoms with Crippen LogP contribution in [-0.2, 0) is 4.74 Å². The van der Waals surface area contributed by atoms with E-state index < -0.39 is 0 Å². The highest BCUT2D eigenvalue weighted by Crippen LogP contribution is 2.27. The first kappa shape index (κ1) is 20.1. The molecule has 1 saturated heterocycles. The van der Waals surface area contributed by atoms with Crippen molar-refractivity contribution >= 4 is 28.9 Å². The van der Waals surface area contributed by atoms with Crippen LogP contribution in [0.3, 0.4) is 0 Å². The third-order valence-electron chi connectivity index (χ3n) is 4.35. The van der Waals surface area contributed by atoms with Crippen LogP contribution in [0, 0.1) is 0 Å². The molecule has 1 aliphatic heterocycles. The second-order valence-corrected chi connectivity index (χ2v) is 7.37. The molecule has 0 aliphatic carbocycles. The molecule has 4 nitrogen and oxygen atoms in total. The number of unbranched alkanes of at least 4 members (excludes halogenated alkanes) is 1. The lowest BCUT2D eigenvalue weighted by Gasteiger charge is -2.13. The molecule has 1 heterocycles. The SMILES string of the molecule is Clc1ccc(OCCCCNc2cccc(OCC3CCCO3)c2)c(Cl)c1.